The summed E-state index contributed by atoms with van der Waals surface area (Å²) >= 11 is 0. The molecule has 0 bridgehead atoms. The first-order valence-corrected chi connectivity index (χ1v) is 5.34. The van der Waals surface area contributed by atoms with Gasteiger partial charge in [-0.2, -0.15) is 0 Å². The van der Waals surface area contributed by atoms with Crippen molar-refractivity contribution < 1.29 is 0 Å². The largest absolute Gasteiger partial charge is 0.399 e. The lowest BCUT2D eigenvalue weighted by Gasteiger charge is -1.97. The highest BCUT2D eigenvalue weighted by atomic mass is 14.5. The first-order valence-electron chi connectivity index (χ1n) is 5.34. The number of hydrogen-bond donors (Lipinski definition) is 1. The molecule has 0 atom stereocenters. The Balaban J connectivity index is 2.18. The maximum atomic E-state index is 5.63. The Labute approximate surface area is 96.2 Å². The summed E-state index contributed by atoms with van der Waals surface area (Å²) in [6.45, 7) is 2.10. The van der Waals surface area contributed by atoms with Gasteiger partial charge in [-0.05, 0) is 30.2 Å². The van der Waals surface area contributed by atoms with Crippen LogP contribution in [0, 0.1) is 6.92 Å². The van der Waals surface area contributed by atoms with Crippen LogP contribution in [0.4, 0.5) is 5.69 Å². The SMILES string of the molecule is Cc1cccc(C=Cc2ccc(N)cc2)c1. The molecule has 0 aliphatic rings. The molecule has 2 rings (SSSR count). The van der Waals surface area contributed by atoms with Crippen molar-refractivity contribution in [2.45, 2.75) is 6.92 Å². The lowest BCUT2D eigenvalue weighted by Crippen LogP contribution is -1.82. The quantitative estimate of drug-likeness (QED) is 0.591. The van der Waals surface area contributed by atoms with Crippen molar-refractivity contribution in [1.82, 2.24) is 0 Å². The molecular formula is C15H15N. The second kappa shape index (κ2) is 4.67. The standard InChI is InChI=1S/C15H15N/c1-12-3-2-4-14(11-12)6-5-13-7-9-15(16)10-8-13/h2-11H,16H2,1H3. The molecule has 0 saturated heterocycles. The number of benzene rings is 2. The number of rotatable bonds is 2. The number of nitrogens with two attached hydrogens (primary N) is 1. The van der Waals surface area contributed by atoms with Gasteiger partial charge < -0.3 is 5.73 Å². The summed E-state index contributed by atoms with van der Waals surface area (Å²) in [4.78, 5) is 0. The van der Waals surface area contributed by atoms with Gasteiger partial charge in [-0.25, -0.2) is 0 Å². The predicted octanol–water partition coefficient (Wildman–Crippen LogP) is 3.75. The molecule has 0 saturated carbocycles. The van der Waals surface area contributed by atoms with Crippen molar-refractivity contribution in [3.05, 3.63) is 65.2 Å². The molecule has 2 aromatic rings. The highest BCUT2D eigenvalue weighted by molar-refractivity contribution is 5.70. The summed E-state index contributed by atoms with van der Waals surface area (Å²) in [5, 5.41) is 0. The molecular weight excluding hydrogens is 194 g/mol. The molecule has 1 heteroatoms. The van der Waals surface area contributed by atoms with E-state index in [0.717, 1.165) is 11.3 Å². The molecule has 0 spiro atoms. The van der Waals surface area contributed by atoms with Gasteiger partial charge >= 0.3 is 0 Å². The van der Waals surface area contributed by atoms with Crippen molar-refractivity contribution in [2.75, 3.05) is 5.73 Å². The average molecular weight is 209 g/mol. The minimum atomic E-state index is 0.799. The molecule has 0 aromatic heterocycles. The van der Waals surface area contributed by atoms with Crippen molar-refractivity contribution >= 4 is 17.8 Å². The second-order valence-electron chi connectivity index (χ2n) is 3.91. The minimum absolute atomic E-state index is 0.799. The highest BCUT2D eigenvalue weighted by Gasteiger charge is 1.89. The summed E-state index contributed by atoms with van der Waals surface area (Å²) in [6.07, 6.45) is 4.20. The number of anilines is 1. The molecule has 16 heavy (non-hydrogen) atoms. The normalized spacial score (nSPS) is 10.8. The zero-order valence-corrected chi connectivity index (χ0v) is 9.35. The van der Waals surface area contributed by atoms with Crippen LogP contribution >= 0.6 is 0 Å². The monoisotopic (exact) mass is 209 g/mol. The Bertz CT molecular complexity index is 495. The summed E-state index contributed by atoms with van der Waals surface area (Å²) < 4.78 is 0. The highest BCUT2D eigenvalue weighted by Crippen LogP contribution is 2.11. The second-order valence-corrected chi connectivity index (χ2v) is 3.91. The molecule has 0 heterocycles. The van der Waals surface area contributed by atoms with Crippen molar-refractivity contribution in [2.24, 2.45) is 0 Å². The molecule has 2 N–H and O–H groups in total. The van der Waals surface area contributed by atoms with Crippen LogP contribution in [0.15, 0.2) is 48.5 Å². The van der Waals surface area contributed by atoms with E-state index in [9.17, 15) is 0 Å². The van der Waals surface area contributed by atoms with Gasteiger partial charge in [0.05, 0.1) is 0 Å². The predicted molar refractivity (Wildman–Crippen MR) is 71.0 cm³/mol. The molecule has 0 amide bonds. The van der Waals surface area contributed by atoms with Crippen LogP contribution in [0.5, 0.6) is 0 Å². The van der Waals surface area contributed by atoms with E-state index in [0.29, 0.717) is 0 Å². The van der Waals surface area contributed by atoms with Gasteiger partial charge in [0, 0.05) is 5.69 Å². The van der Waals surface area contributed by atoms with Crippen LogP contribution in [-0.4, -0.2) is 0 Å². The van der Waals surface area contributed by atoms with Crippen molar-refractivity contribution in [1.29, 1.82) is 0 Å². The van der Waals surface area contributed by atoms with Crippen LogP contribution in [0.1, 0.15) is 16.7 Å². The van der Waals surface area contributed by atoms with E-state index in [1.54, 1.807) is 0 Å². The fourth-order valence-electron chi connectivity index (χ4n) is 1.57. The Morgan fingerprint density at radius 2 is 1.56 bits per heavy atom. The third-order valence-electron chi connectivity index (χ3n) is 2.45. The minimum Gasteiger partial charge on any atom is -0.399 e. The number of hydrogen-bond acceptors (Lipinski definition) is 1. The van der Waals surface area contributed by atoms with Gasteiger partial charge in [0.25, 0.3) is 0 Å². The van der Waals surface area contributed by atoms with Gasteiger partial charge in [-0.1, -0.05) is 54.1 Å². The van der Waals surface area contributed by atoms with E-state index in [2.05, 4.69) is 43.3 Å². The van der Waals surface area contributed by atoms with Gasteiger partial charge in [0.1, 0.15) is 0 Å². The van der Waals surface area contributed by atoms with Gasteiger partial charge in [0.15, 0.2) is 0 Å². The first-order chi connectivity index (χ1) is 7.74. The topological polar surface area (TPSA) is 26.0 Å². The van der Waals surface area contributed by atoms with Crippen LogP contribution in [0.25, 0.3) is 12.2 Å². The van der Waals surface area contributed by atoms with Crippen LogP contribution in [0.3, 0.4) is 0 Å². The molecule has 0 fully saturated rings. The van der Waals surface area contributed by atoms with Crippen LogP contribution in [0.2, 0.25) is 0 Å². The summed E-state index contributed by atoms with van der Waals surface area (Å²) in [6, 6.07) is 16.3. The van der Waals surface area contributed by atoms with Crippen LogP contribution < -0.4 is 5.73 Å². The van der Waals surface area contributed by atoms with Crippen molar-refractivity contribution in [3.63, 3.8) is 0 Å². The lowest BCUT2D eigenvalue weighted by molar-refractivity contribution is 1.46. The zero-order valence-electron chi connectivity index (χ0n) is 9.35. The van der Waals surface area contributed by atoms with E-state index < -0.39 is 0 Å². The van der Waals surface area contributed by atoms with Crippen LogP contribution in [-0.2, 0) is 0 Å². The molecule has 0 aliphatic carbocycles. The van der Waals surface area contributed by atoms with Gasteiger partial charge in [0.2, 0.25) is 0 Å². The summed E-state index contributed by atoms with van der Waals surface area (Å²) in [5.41, 5.74) is 10.1. The van der Waals surface area contributed by atoms with E-state index in [1.165, 1.54) is 11.1 Å². The van der Waals surface area contributed by atoms with Gasteiger partial charge in [-0.15, -0.1) is 0 Å². The lowest BCUT2D eigenvalue weighted by atomic mass is 10.1. The number of nitrogen functional groups attached to an aromatic ring is 1. The third-order valence-corrected chi connectivity index (χ3v) is 2.45. The van der Waals surface area contributed by atoms with E-state index in [-0.39, 0.29) is 0 Å². The van der Waals surface area contributed by atoms with Crippen molar-refractivity contribution in [3.8, 4) is 0 Å². The molecule has 1 nitrogen and oxygen atoms in total. The smallest absolute Gasteiger partial charge is 0.0314 e. The van der Waals surface area contributed by atoms with E-state index in [1.807, 2.05) is 24.3 Å². The molecule has 2 aromatic carbocycles. The Morgan fingerprint density at radius 1 is 0.875 bits per heavy atom. The van der Waals surface area contributed by atoms with Gasteiger partial charge in [-0.3, -0.25) is 0 Å². The third kappa shape index (κ3) is 2.74. The Hall–Kier alpha value is -2.02. The molecule has 0 radical (unpaired) electrons. The Morgan fingerprint density at radius 3 is 2.25 bits per heavy atom. The average Bonchev–Trinajstić information content (AvgIpc) is 2.28. The first kappa shape index (κ1) is 10.5. The van der Waals surface area contributed by atoms with E-state index >= 15 is 0 Å². The van der Waals surface area contributed by atoms with E-state index in [4.69, 9.17) is 5.73 Å². The number of aryl methyl sites for hydroxylation is 1. The maximum Gasteiger partial charge on any atom is 0.0314 e. The fraction of sp³-hybridized carbons (Fsp3) is 0.0667. The molecule has 0 aliphatic heterocycles. The Kier molecular flexibility index (Phi) is 3.06. The fourth-order valence-corrected chi connectivity index (χ4v) is 1.57. The summed E-state index contributed by atoms with van der Waals surface area (Å²) in [7, 11) is 0. The molecule has 80 valence electrons. The summed E-state index contributed by atoms with van der Waals surface area (Å²) in [5.74, 6) is 0. The maximum absolute atomic E-state index is 5.63. The zero-order chi connectivity index (χ0) is 11.4. The molecule has 0 unspecified atom stereocenters.